The predicted molar refractivity (Wildman–Crippen MR) is 74.8 cm³/mol. The molecule has 1 aromatic rings. The van der Waals surface area contributed by atoms with Crippen LogP contribution in [0.4, 0.5) is 5.69 Å². The molecule has 3 N–H and O–H groups in total. The van der Waals surface area contributed by atoms with Crippen molar-refractivity contribution in [1.82, 2.24) is 4.90 Å². The molecule has 5 nitrogen and oxygen atoms in total. The molecule has 6 heteroatoms. The minimum absolute atomic E-state index is 0.156. The molecule has 1 aromatic carbocycles. The zero-order valence-electron chi connectivity index (χ0n) is 10.5. The number of rotatable bonds is 2. The number of benzene rings is 1. The molecule has 0 aromatic heterocycles. The molecule has 0 radical (unpaired) electrons. The van der Waals surface area contributed by atoms with Gasteiger partial charge in [0.1, 0.15) is 0 Å². The van der Waals surface area contributed by atoms with Crippen molar-refractivity contribution in [3.05, 3.63) is 28.2 Å². The number of carbonyl (C=O) groups excluding carboxylic acids is 1. The number of anilines is 1. The van der Waals surface area contributed by atoms with Gasteiger partial charge in [-0.15, -0.1) is 0 Å². The minimum atomic E-state index is -0.846. The zero-order valence-corrected chi connectivity index (χ0v) is 12.1. The van der Waals surface area contributed by atoms with Crippen LogP contribution >= 0.6 is 15.9 Å². The van der Waals surface area contributed by atoms with Gasteiger partial charge < -0.3 is 15.7 Å². The van der Waals surface area contributed by atoms with Crippen LogP contribution in [-0.4, -0.2) is 34.5 Å². The first-order valence-electron chi connectivity index (χ1n) is 6.00. The smallest absolute Gasteiger partial charge is 0.308 e. The summed E-state index contributed by atoms with van der Waals surface area (Å²) in [5, 5.41) is 9.07. The molecule has 1 amide bonds. The zero-order chi connectivity index (χ0) is 14.2. The van der Waals surface area contributed by atoms with Gasteiger partial charge in [0.25, 0.3) is 5.91 Å². The van der Waals surface area contributed by atoms with Gasteiger partial charge in [-0.25, -0.2) is 0 Å². The molecule has 1 fully saturated rings. The van der Waals surface area contributed by atoms with E-state index in [1.165, 1.54) is 0 Å². The fraction of sp³-hybridized carbons (Fsp3) is 0.385. The monoisotopic (exact) mass is 326 g/mol. The van der Waals surface area contributed by atoms with Crippen molar-refractivity contribution in [3.8, 4) is 0 Å². The number of carboxylic acid groups (broad SMARTS) is 1. The average molecular weight is 327 g/mol. The van der Waals surface area contributed by atoms with Crippen LogP contribution in [0.2, 0.25) is 0 Å². The fourth-order valence-corrected chi connectivity index (χ4v) is 2.76. The molecule has 2 atom stereocenters. The number of carboxylic acids is 1. The molecular weight excluding hydrogens is 312 g/mol. The third-order valence-corrected chi connectivity index (χ3v) is 4.27. The Kier molecular flexibility index (Phi) is 3.80. The number of carbonyl (C=O) groups is 2. The van der Waals surface area contributed by atoms with Crippen molar-refractivity contribution in [2.75, 3.05) is 12.3 Å². The van der Waals surface area contributed by atoms with Crippen molar-refractivity contribution in [2.45, 2.75) is 19.4 Å². The quantitative estimate of drug-likeness (QED) is 0.814. The summed E-state index contributed by atoms with van der Waals surface area (Å²) >= 11 is 3.28. The summed E-state index contributed by atoms with van der Waals surface area (Å²) in [6, 6.07) is 4.69. The predicted octanol–water partition coefficient (Wildman–Crippen LogP) is 1.97. The molecule has 102 valence electrons. The van der Waals surface area contributed by atoms with Crippen molar-refractivity contribution < 1.29 is 14.7 Å². The summed E-state index contributed by atoms with van der Waals surface area (Å²) in [6.45, 7) is 2.25. The van der Waals surface area contributed by atoms with E-state index in [1.54, 1.807) is 30.0 Å². The Hall–Kier alpha value is -1.56. The van der Waals surface area contributed by atoms with E-state index in [9.17, 15) is 9.59 Å². The van der Waals surface area contributed by atoms with Crippen molar-refractivity contribution in [2.24, 2.45) is 5.92 Å². The van der Waals surface area contributed by atoms with Crippen LogP contribution in [0, 0.1) is 5.92 Å². The van der Waals surface area contributed by atoms with Crippen LogP contribution in [0.3, 0.4) is 0 Å². The van der Waals surface area contributed by atoms with Gasteiger partial charge in [-0.1, -0.05) is 0 Å². The summed E-state index contributed by atoms with van der Waals surface area (Å²) in [7, 11) is 0. The van der Waals surface area contributed by atoms with Gasteiger partial charge in [0.15, 0.2) is 0 Å². The molecule has 0 saturated carbocycles. The van der Waals surface area contributed by atoms with E-state index in [0.29, 0.717) is 28.7 Å². The molecule has 1 aliphatic heterocycles. The first-order chi connectivity index (χ1) is 8.91. The van der Waals surface area contributed by atoms with Crippen LogP contribution in [0.25, 0.3) is 0 Å². The third-order valence-electron chi connectivity index (χ3n) is 3.58. The lowest BCUT2D eigenvalue weighted by molar-refractivity contribution is -0.142. The summed E-state index contributed by atoms with van der Waals surface area (Å²) in [6.07, 6.45) is 0.498. The molecule has 1 saturated heterocycles. The number of nitrogen functional groups attached to an aromatic ring is 1. The third kappa shape index (κ3) is 2.58. The van der Waals surface area contributed by atoms with Crippen LogP contribution in [0.15, 0.2) is 22.7 Å². The molecule has 1 heterocycles. The second-order valence-corrected chi connectivity index (χ2v) is 5.56. The van der Waals surface area contributed by atoms with Gasteiger partial charge in [0.2, 0.25) is 0 Å². The Balaban J connectivity index is 2.21. The van der Waals surface area contributed by atoms with E-state index >= 15 is 0 Å². The highest BCUT2D eigenvalue weighted by atomic mass is 79.9. The van der Waals surface area contributed by atoms with E-state index in [1.807, 2.05) is 0 Å². The van der Waals surface area contributed by atoms with Crippen LogP contribution in [0.1, 0.15) is 23.7 Å². The molecule has 0 aliphatic carbocycles. The largest absolute Gasteiger partial charge is 0.481 e. The van der Waals surface area contributed by atoms with Gasteiger partial charge in [0, 0.05) is 28.3 Å². The van der Waals surface area contributed by atoms with E-state index in [0.717, 1.165) is 0 Å². The van der Waals surface area contributed by atoms with Gasteiger partial charge in [-0.3, -0.25) is 9.59 Å². The summed E-state index contributed by atoms with van der Waals surface area (Å²) in [5.41, 5.74) is 6.76. The number of halogens is 1. The molecular formula is C13H15BrN2O3. The molecule has 0 spiro atoms. The fourth-order valence-electron chi connectivity index (χ4n) is 2.38. The average Bonchev–Trinajstić information content (AvgIpc) is 2.74. The van der Waals surface area contributed by atoms with Gasteiger partial charge in [0.05, 0.1) is 5.92 Å². The lowest BCUT2D eigenvalue weighted by Gasteiger charge is -2.23. The molecule has 0 bridgehead atoms. The maximum absolute atomic E-state index is 12.4. The van der Waals surface area contributed by atoms with Crippen LogP contribution in [0.5, 0.6) is 0 Å². The first kappa shape index (κ1) is 13.9. The van der Waals surface area contributed by atoms with Crippen molar-refractivity contribution >= 4 is 33.5 Å². The molecule has 2 rings (SSSR count). The summed E-state index contributed by atoms with van der Waals surface area (Å²) in [5.74, 6) is -1.49. The minimum Gasteiger partial charge on any atom is -0.481 e. The Morgan fingerprint density at radius 3 is 2.68 bits per heavy atom. The second-order valence-electron chi connectivity index (χ2n) is 4.71. The lowest BCUT2D eigenvalue weighted by atomic mass is 10.0. The second kappa shape index (κ2) is 5.21. The number of hydrogen-bond acceptors (Lipinski definition) is 3. The number of amides is 1. The number of nitrogens with two attached hydrogens (primary N) is 1. The Morgan fingerprint density at radius 2 is 2.16 bits per heavy atom. The SMILES string of the molecule is CC1C(C(=O)O)CCN1C(=O)c1ccc(N)c(Br)c1. The number of nitrogens with zero attached hydrogens (tertiary/aromatic N) is 1. The summed E-state index contributed by atoms with van der Waals surface area (Å²) < 4.78 is 0.667. The number of aliphatic carboxylic acids is 1. The van der Waals surface area contributed by atoms with Crippen molar-refractivity contribution in [3.63, 3.8) is 0 Å². The molecule has 1 aliphatic rings. The van der Waals surface area contributed by atoms with Crippen LogP contribution in [-0.2, 0) is 4.79 Å². The topological polar surface area (TPSA) is 83.6 Å². The van der Waals surface area contributed by atoms with Crippen LogP contribution < -0.4 is 5.73 Å². The maximum atomic E-state index is 12.4. The van der Waals surface area contributed by atoms with Gasteiger partial charge in [-0.2, -0.15) is 0 Å². The van der Waals surface area contributed by atoms with Crippen molar-refractivity contribution in [1.29, 1.82) is 0 Å². The highest BCUT2D eigenvalue weighted by molar-refractivity contribution is 9.10. The normalized spacial score (nSPS) is 22.5. The molecule has 2 unspecified atom stereocenters. The number of hydrogen-bond donors (Lipinski definition) is 2. The van der Waals surface area contributed by atoms with E-state index in [-0.39, 0.29) is 11.9 Å². The lowest BCUT2D eigenvalue weighted by Crippen LogP contribution is -2.37. The highest BCUT2D eigenvalue weighted by Gasteiger charge is 2.38. The Labute approximate surface area is 119 Å². The summed E-state index contributed by atoms with van der Waals surface area (Å²) in [4.78, 5) is 25.0. The van der Waals surface area contributed by atoms with Gasteiger partial charge in [-0.05, 0) is 47.5 Å². The van der Waals surface area contributed by atoms with E-state index in [2.05, 4.69) is 15.9 Å². The Bertz CT molecular complexity index is 533. The van der Waals surface area contributed by atoms with Gasteiger partial charge >= 0.3 is 5.97 Å². The first-order valence-corrected chi connectivity index (χ1v) is 6.80. The highest BCUT2D eigenvalue weighted by Crippen LogP contribution is 2.27. The van der Waals surface area contributed by atoms with E-state index in [4.69, 9.17) is 10.8 Å². The molecule has 19 heavy (non-hydrogen) atoms. The maximum Gasteiger partial charge on any atom is 0.308 e. The van der Waals surface area contributed by atoms with E-state index < -0.39 is 11.9 Å². The Morgan fingerprint density at radius 1 is 1.47 bits per heavy atom. The standard InChI is InChI=1S/C13H15BrN2O3/c1-7-9(13(18)19)4-5-16(7)12(17)8-2-3-11(15)10(14)6-8/h2-3,6-7,9H,4-5,15H2,1H3,(H,18,19). The number of likely N-dealkylation sites (tertiary alicyclic amines) is 1.